The van der Waals surface area contributed by atoms with E-state index < -0.39 is 0 Å². The van der Waals surface area contributed by atoms with Crippen LogP contribution in [0.2, 0.25) is 0 Å². The van der Waals surface area contributed by atoms with Gasteiger partial charge in [-0.25, -0.2) is 0 Å². The van der Waals surface area contributed by atoms with E-state index in [1.54, 1.807) is 6.92 Å². The largest absolute Gasteiger partial charge is 0.294 e. The molecule has 5 heteroatoms. The van der Waals surface area contributed by atoms with Gasteiger partial charge in [-0.05, 0) is 58.3 Å². The van der Waals surface area contributed by atoms with Crippen LogP contribution < -0.4 is 0 Å². The van der Waals surface area contributed by atoms with Crippen LogP contribution in [0, 0.1) is 0 Å². The molecule has 0 bridgehead atoms. The number of ketones is 1. The highest BCUT2D eigenvalue weighted by atomic mass is 79.9. The van der Waals surface area contributed by atoms with E-state index in [-0.39, 0.29) is 11.0 Å². The molecule has 0 N–H and O–H groups in total. The van der Waals surface area contributed by atoms with Crippen molar-refractivity contribution in [2.75, 3.05) is 0 Å². The monoisotopic (exact) mass is 532 g/mol. The summed E-state index contributed by atoms with van der Waals surface area (Å²) >= 11 is 11.6. The van der Waals surface area contributed by atoms with Crippen LogP contribution >= 0.6 is 43.5 Å². The highest BCUT2D eigenvalue weighted by Crippen LogP contribution is 2.27. The molecule has 0 spiro atoms. The van der Waals surface area contributed by atoms with Crippen LogP contribution in [0.4, 0.5) is 0 Å². The molecular weight excluding hydrogens is 516 g/mol. The van der Waals surface area contributed by atoms with Crippen molar-refractivity contribution >= 4 is 76.0 Å². The summed E-state index contributed by atoms with van der Waals surface area (Å²) < 4.78 is 2.19. The van der Waals surface area contributed by atoms with Crippen molar-refractivity contribution in [2.24, 2.45) is 0 Å². The topological polar surface area (TPSA) is 34.1 Å². The molecular formula is C24H19Br2ClO2. The van der Waals surface area contributed by atoms with Gasteiger partial charge in [0.25, 0.3) is 0 Å². The zero-order chi connectivity index (χ0) is 21.4. The fourth-order valence-corrected chi connectivity index (χ4v) is 3.75. The summed E-state index contributed by atoms with van der Waals surface area (Å²) in [6.45, 7) is 2.89. The van der Waals surface area contributed by atoms with Crippen molar-refractivity contribution in [3.63, 3.8) is 0 Å². The fraction of sp³-hybridized carbons (Fsp3) is 0.0833. The predicted octanol–water partition coefficient (Wildman–Crippen LogP) is 8.18. The Balaban J connectivity index is 0.000000179. The Labute approximate surface area is 192 Å². The predicted molar refractivity (Wildman–Crippen MR) is 130 cm³/mol. The molecule has 4 rings (SSSR count). The maximum absolute atomic E-state index is 11.4. The first kappa shape index (κ1) is 23.3. The van der Waals surface area contributed by atoms with Gasteiger partial charge in [-0.3, -0.25) is 9.59 Å². The minimum absolute atomic E-state index is 0.105. The summed E-state index contributed by atoms with van der Waals surface area (Å²) in [5, 5.41) is 4.28. The number of hydrogen-bond donors (Lipinski definition) is 0. The SMILES string of the molecule is Brc1cccc2ccccc12.CC(=O)Cl.CC(=O)c1ccc(Br)c2ccccc12. The van der Waals surface area contributed by atoms with Crippen LogP contribution in [0.3, 0.4) is 0 Å². The van der Waals surface area contributed by atoms with E-state index in [0.717, 1.165) is 25.3 Å². The van der Waals surface area contributed by atoms with Gasteiger partial charge < -0.3 is 0 Å². The molecule has 0 unspecified atom stereocenters. The number of fused-ring (bicyclic) bond motifs is 2. The third kappa shape index (κ3) is 6.77. The molecule has 0 amide bonds. The van der Waals surface area contributed by atoms with Crippen molar-refractivity contribution in [3.8, 4) is 0 Å². The van der Waals surface area contributed by atoms with Crippen LogP contribution in [0.5, 0.6) is 0 Å². The first-order chi connectivity index (χ1) is 13.8. The minimum atomic E-state index is -0.361. The minimum Gasteiger partial charge on any atom is -0.294 e. The lowest BCUT2D eigenvalue weighted by molar-refractivity contribution is -0.109. The average molecular weight is 535 g/mol. The average Bonchev–Trinajstić information content (AvgIpc) is 2.69. The Kier molecular flexibility index (Phi) is 9.02. The van der Waals surface area contributed by atoms with Gasteiger partial charge in [-0.1, -0.05) is 92.5 Å². The quantitative estimate of drug-likeness (QED) is 0.182. The van der Waals surface area contributed by atoms with Crippen molar-refractivity contribution in [1.82, 2.24) is 0 Å². The molecule has 0 aliphatic heterocycles. The molecule has 0 saturated carbocycles. The van der Waals surface area contributed by atoms with Gasteiger partial charge >= 0.3 is 0 Å². The van der Waals surface area contributed by atoms with Gasteiger partial charge in [-0.2, -0.15) is 0 Å². The molecule has 4 aromatic rings. The molecule has 0 aliphatic rings. The molecule has 4 aromatic carbocycles. The van der Waals surface area contributed by atoms with Crippen LogP contribution in [0.15, 0.2) is 87.8 Å². The smallest absolute Gasteiger partial charge is 0.218 e. The molecule has 0 aliphatic carbocycles. The molecule has 0 saturated heterocycles. The van der Waals surface area contributed by atoms with E-state index >= 15 is 0 Å². The van der Waals surface area contributed by atoms with Gasteiger partial charge in [0.15, 0.2) is 5.78 Å². The molecule has 29 heavy (non-hydrogen) atoms. The van der Waals surface area contributed by atoms with Gasteiger partial charge in [0.2, 0.25) is 5.24 Å². The molecule has 0 radical (unpaired) electrons. The molecule has 2 nitrogen and oxygen atoms in total. The normalized spacial score (nSPS) is 9.83. The number of rotatable bonds is 1. The second-order valence-electron chi connectivity index (χ2n) is 6.13. The van der Waals surface area contributed by atoms with Gasteiger partial charge in [-0.15, -0.1) is 0 Å². The molecule has 148 valence electrons. The van der Waals surface area contributed by atoms with Crippen LogP contribution in [-0.2, 0) is 4.79 Å². The summed E-state index contributed by atoms with van der Waals surface area (Å²) in [6.07, 6.45) is 0. The van der Waals surface area contributed by atoms with Crippen molar-refractivity contribution in [3.05, 3.63) is 93.4 Å². The lowest BCUT2D eigenvalue weighted by Gasteiger charge is -2.04. The molecule has 0 fully saturated rings. The van der Waals surface area contributed by atoms with E-state index in [2.05, 4.69) is 73.8 Å². The summed E-state index contributed by atoms with van der Waals surface area (Å²) in [7, 11) is 0. The number of hydrogen-bond acceptors (Lipinski definition) is 2. The van der Waals surface area contributed by atoms with E-state index in [1.807, 2.05) is 48.5 Å². The molecule has 0 heterocycles. The first-order valence-electron chi connectivity index (χ1n) is 8.78. The first-order valence-corrected chi connectivity index (χ1v) is 10.7. The summed E-state index contributed by atoms with van der Waals surface area (Å²) in [5.41, 5.74) is 0.781. The van der Waals surface area contributed by atoms with Gasteiger partial charge in [0, 0.05) is 21.4 Å². The highest BCUT2D eigenvalue weighted by molar-refractivity contribution is 9.11. The van der Waals surface area contributed by atoms with E-state index in [4.69, 9.17) is 0 Å². The van der Waals surface area contributed by atoms with Crippen LogP contribution in [0.25, 0.3) is 21.5 Å². The second kappa shape index (κ2) is 11.2. The second-order valence-corrected chi connectivity index (χ2v) is 8.37. The highest BCUT2D eigenvalue weighted by Gasteiger charge is 2.06. The Hall–Kier alpha value is -2.01. The molecule has 0 aromatic heterocycles. The standard InChI is InChI=1S/C12H9BrO.C10H7Br.C2H3ClO/c1-8(14)9-6-7-12(13)11-5-3-2-4-10(9)11;11-10-7-3-5-8-4-1-2-6-9(8)10;1-2(3)4/h2-7H,1H3;1-7H;1H3. The van der Waals surface area contributed by atoms with Crippen LogP contribution in [0.1, 0.15) is 24.2 Å². The fourth-order valence-electron chi connectivity index (χ4n) is 2.76. The summed E-state index contributed by atoms with van der Waals surface area (Å²) in [5.74, 6) is 0.105. The number of halogens is 3. The van der Waals surface area contributed by atoms with E-state index in [9.17, 15) is 9.59 Å². The zero-order valence-electron chi connectivity index (χ0n) is 16.0. The maximum atomic E-state index is 11.4. The lowest BCUT2D eigenvalue weighted by Crippen LogP contribution is -1.93. The Bertz CT molecular complexity index is 1150. The lowest BCUT2D eigenvalue weighted by atomic mass is 10.0. The van der Waals surface area contributed by atoms with E-state index in [0.29, 0.717) is 0 Å². The van der Waals surface area contributed by atoms with Gasteiger partial charge in [0.05, 0.1) is 0 Å². The maximum Gasteiger partial charge on any atom is 0.218 e. The van der Waals surface area contributed by atoms with Crippen molar-refractivity contribution < 1.29 is 9.59 Å². The van der Waals surface area contributed by atoms with Crippen molar-refractivity contribution in [2.45, 2.75) is 13.8 Å². The molecule has 0 atom stereocenters. The summed E-state index contributed by atoms with van der Waals surface area (Å²) in [4.78, 5) is 20.6. The summed E-state index contributed by atoms with van der Waals surface area (Å²) in [6, 6.07) is 26.2. The van der Waals surface area contributed by atoms with Crippen molar-refractivity contribution in [1.29, 1.82) is 0 Å². The van der Waals surface area contributed by atoms with Gasteiger partial charge in [0.1, 0.15) is 0 Å². The Morgan fingerprint density at radius 3 is 1.72 bits per heavy atom. The number of Topliss-reactive ketones (excluding diaryl/α,β-unsaturated/α-hetero) is 1. The number of carbonyl (C=O) groups is 2. The third-order valence-corrected chi connectivity index (χ3v) is 5.37. The van der Waals surface area contributed by atoms with E-state index in [1.165, 1.54) is 17.7 Å². The number of benzene rings is 4. The number of carbonyl (C=O) groups excluding carboxylic acids is 2. The Morgan fingerprint density at radius 2 is 1.14 bits per heavy atom. The van der Waals surface area contributed by atoms with Crippen LogP contribution in [-0.4, -0.2) is 11.0 Å². The third-order valence-electron chi connectivity index (χ3n) is 3.99. The zero-order valence-corrected chi connectivity index (χ0v) is 19.9. The Morgan fingerprint density at radius 1 is 0.655 bits per heavy atom.